The van der Waals surface area contributed by atoms with Crippen molar-refractivity contribution in [3.05, 3.63) is 35.6 Å². The molecule has 3 heterocycles. The summed E-state index contributed by atoms with van der Waals surface area (Å²) in [4.78, 5) is 29.3. The molecule has 31 heavy (non-hydrogen) atoms. The van der Waals surface area contributed by atoms with Gasteiger partial charge in [-0.05, 0) is 44.2 Å². The van der Waals surface area contributed by atoms with Crippen molar-refractivity contribution in [2.45, 2.75) is 62.9 Å². The molecule has 4 atom stereocenters. The highest BCUT2D eigenvalue weighted by Crippen LogP contribution is 2.29. The van der Waals surface area contributed by atoms with Crippen LogP contribution in [0.4, 0.5) is 4.39 Å². The fourth-order valence-electron chi connectivity index (χ4n) is 4.83. The Kier molecular flexibility index (Phi) is 7.20. The molecule has 3 aliphatic heterocycles. The van der Waals surface area contributed by atoms with Gasteiger partial charge in [0.1, 0.15) is 11.9 Å². The Morgan fingerprint density at radius 2 is 1.87 bits per heavy atom. The van der Waals surface area contributed by atoms with Crippen LogP contribution < -0.4 is 0 Å². The summed E-state index contributed by atoms with van der Waals surface area (Å²) in [5.74, 6) is -0.927. The van der Waals surface area contributed by atoms with Gasteiger partial charge in [0.15, 0.2) is 0 Å². The van der Waals surface area contributed by atoms with E-state index in [4.69, 9.17) is 9.47 Å². The highest BCUT2D eigenvalue weighted by molar-refractivity contribution is 5.94. The van der Waals surface area contributed by atoms with Gasteiger partial charge in [-0.25, -0.2) is 4.39 Å². The molecule has 2 amide bonds. The normalized spacial score (nSPS) is 29.6. The van der Waals surface area contributed by atoms with Crippen molar-refractivity contribution in [2.75, 3.05) is 32.8 Å². The summed E-state index contributed by atoms with van der Waals surface area (Å²) in [5, 5.41) is 10.3. The molecule has 7 nitrogen and oxygen atoms in total. The van der Waals surface area contributed by atoms with E-state index in [1.54, 1.807) is 12.1 Å². The van der Waals surface area contributed by atoms with E-state index >= 15 is 0 Å². The second-order valence-electron chi connectivity index (χ2n) is 8.72. The van der Waals surface area contributed by atoms with Crippen molar-refractivity contribution < 1.29 is 28.6 Å². The molecule has 3 fully saturated rings. The number of ether oxygens (including phenoxy) is 2. The number of benzene rings is 1. The van der Waals surface area contributed by atoms with E-state index < -0.39 is 23.9 Å². The summed E-state index contributed by atoms with van der Waals surface area (Å²) in [5.41, 5.74) is -0.0164. The van der Waals surface area contributed by atoms with Gasteiger partial charge in [-0.2, -0.15) is 0 Å². The van der Waals surface area contributed by atoms with Crippen molar-refractivity contribution in [1.29, 1.82) is 0 Å². The second-order valence-corrected chi connectivity index (χ2v) is 8.72. The van der Waals surface area contributed by atoms with Crippen molar-refractivity contribution in [2.24, 2.45) is 0 Å². The number of carbonyl (C=O) groups excluding carboxylic acids is 2. The molecule has 1 aromatic carbocycles. The minimum Gasteiger partial charge on any atom is -0.389 e. The first-order valence-corrected chi connectivity index (χ1v) is 11.3. The topological polar surface area (TPSA) is 79.3 Å². The van der Waals surface area contributed by atoms with Gasteiger partial charge >= 0.3 is 0 Å². The molecule has 3 aliphatic rings. The zero-order valence-corrected chi connectivity index (χ0v) is 17.7. The van der Waals surface area contributed by atoms with Crippen molar-refractivity contribution in [3.8, 4) is 0 Å². The number of piperidine rings is 1. The molecular formula is C23H31FN2O5. The Morgan fingerprint density at radius 3 is 2.65 bits per heavy atom. The molecule has 3 saturated heterocycles. The minimum absolute atomic E-state index is 0.0164. The summed E-state index contributed by atoms with van der Waals surface area (Å²) >= 11 is 0. The molecule has 1 aromatic rings. The highest BCUT2D eigenvalue weighted by atomic mass is 19.1. The van der Waals surface area contributed by atoms with Crippen LogP contribution in [-0.2, 0) is 14.3 Å². The largest absolute Gasteiger partial charge is 0.389 e. The predicted octanol–water partition coefficient (Wildman–Crippen LogP) is 1.98. The molecule has 0 unspecified atom stereocenters. The van der Waals surface area contributed by atoms with Gasteiger partial charge in [-0.15, -0.1) is 0 Å². The molecule has 4 rings (SSSR count). The Hall–Kier alpha value is -2.03. The van der Waals surface area contributed by atoms with Crippen LogP contribution in [0.5, 0.6) is 0 Å². The maximum absolute atomic E-state index is 14.3. The Balaban J connectivity index is 1.46. The van der Waals surface area contributed by atoms with Gasteiger partial charge in [0.2, 0.25) is 5.91 Å². The van der Waals surface area contributed by atoms with Crippen LogP contribution in [0.15, 0.2) is 24.3 Å². The molecule has 0 saturated carbocycles. The number of aliphatic hydroxyl groups is 1. The molecular weight excluding hydrogens is 403 g/mol. The number of amides is 2. The second kappa shape index (κ2) is 10.1. The van der Waals surface area contributed by atoms with Crippen LogP contribution >= 0.6 is 0 Å². The number of β-amino-alcohol motifs (C(OH)–C–C–N with tert-alkyl or cyclic N) is 1. The lowest BCUT2D eigenvalue weighted by Gasteiger charge is -2.44. The third-order valence-electron chi connectivity index (χ3n) is 6.46. The van der Waals surface area contributed by atoms with Gasteiger partial charge in [0, 0.05) is 19.6 Å². The maximum atomic E-state index is 14.3. The highest BCUT2D eigenvalue weighted by Gasteiger charge is 2.41. The first-order chi connectivity index (χ1) is 15.0. The minimum atomic E-state index is -0.852. The van der Waals surface area contributed by atoms with Crippen LogP contribution in [0, 0.1) is 5.82 Å². The molecule has 170 valence electrons. The molecule has 0 bridgehead atoms. The van der Waals surface area contributed by atoms with Crippen LogP contribution in [0.3, 0.4) is 0 Å². The number of fused-ring (bicyclic) bond motifs is 1. The maximum Gasteiger partial charge on any atom is 0.257 e. The van der Waals surface area contributed by atoms with E-state index in [0.717, 1.165) is 25.9 Å². The predicted molar refractivity (Wildman–Crippen MR) is 111 cm³/mol. The fraction of sp³-hybridized carbons (Fsp3) is 0.652. The molecule has 0 aromatic heterocycles. The molecule has 0 spiro atoms. The van der Waals surface area contributed by atoms with E-state index in [2.05, 4.69) is 0 Å². The van der Waals surface area contributed by atoms with E-state index in [1.165, 1.54) is 23.5 Å². The number of rotatable bonds is 3. The SMILES string of the molecule is O=C(C[C@H]1CC[C@@H]2[C@H](COC[C@H](O)CN2C(=O)c2ccccc2F)O1)N1CCCCC1. The number of aliphatic hydroxyl groups excluding tert-OH is 1. The van der Waals surface area contributed by atoms with Crippen LogP contribution in [-0.4, -0.2) is 83.9 Å². The van der Waals surface area contributed by atoms with E-state index in [0.29, 0.717) is 19.3 Å². The number of carbonyl (C=O) groups is 2. The Morgan fingerprint density at radius 1 is 1.10 bits per heavy atom. The first kappa shape index (κ1) is 22.2. The zero-order chi connectivity index (χ0) is 21.8. The van der Waals surface area contributed by atoms with E-state index in [-0.39, 0.29) is 43.4 Å². The average molecular weight is 435 g/mol. The summed E-state index contributed by atoms with van der Waals surface area (Å²) in [6.07, 6.45) is 3.32. The van der Waals surface area contributed by atoms with Crippen molar-refractivity contribution in [1.82, 2.24) is 9.80 Å². The fourth-order valence-corrected chi connectivity index (χ4v) is 4.83. The number of likely N-dealkylation sites (tertiary alicyclic amines) is 1. The Labute approximate surface area is 182 Å². The Bertz CT molecular complexity index is 785. The van der Waals surface area contributed by atoms with Crippen LogP contribution in [0.1, 0.15) is 48.9 Å². The molecule has 0 radical (unpaired) electrons. The molecule has 0 aliphatic carbocycles. The summed E-state index contributed by atoms with van der Waals surface area (Å²) in [6.45, 7) is 1.96. The monoisotopic (exact) mass is 434 g/mol. The number of halogens is 1. The van der Waals surface area contributed by atoms with Crippen LogP contribution in [0.25, 0.3) is 0 Å². The third-order valence-corrected chi connectivity index (χ3v) is 6.46. The molecule has 1 N–H and O–H groups in total. The van der Waals surface area contributed by atoms with E-state index in [9.17, 15) is 19.1 Å². The van der Waals surface area contributed by atoms with Crippen molar-refractivity contribution >= 4 is 11.8 Å². The van der Waals surface area contributed by atoms with Crippen molar-refractivity contribution in [3.63, 3.8) is 0 Å². The van der Waals surface area contributed by atoms with E-state index in [1.807, 2.05) is 4.90 Å². The van der Waals surface area contributed by atoms with Gasteiger partial charge in [-0.1, -0.05) is 12.1 Å². The lowest BCUT2D eigenvalue weighted by atomic mass is 9.93. The van der Waals surface area contributed by atoms with Gasteiger partial charge in [-0.3, -0.25) is 9.59 Å². The zero-order valence-electron chi connectivity index (χ0n) is 17.7. The van der Waals surface area contributed by atoms with Gasteiger partial charge in [0.05, 0.1) is 43.4 Å². The quantitative estimate of drug-likeness (QED) is 0.787. The smallest absolute Gasteiger partial charge is 0.257 e. The summed E-state index contributed by atoms with van der Waals surface area (Å²) in [7, 11) is 0. The van der Waals surface area contributed by atoms with Gasteiger partial charge < -0.3 is 24.4 Å². The summed E-state index contributed by atoms with van der Waals surface area (Å²) < 4.78 is 26.1. The van der Waals surface area contributed by atoms with Gasteiger partial charge in [0.25, 0.3) is 5.91 Å². The molecule has 8 heteroatoms. The average Bonchev–Trinajstić information content (AvgIpc) is 2.77. The standard InChI is InChI=1S/C23H31FN2O5/c24-19-7-3-2-6-18(19)23(29)26-13-16(27)14-30-15-21-20(26)9-8-17(31-21)12-22(28)25-10-4-1-5-11-25/h2-3,6-7,16-17,20-21,27H,1,4-5,8-15H2/t16-,17-,20-,21+/m1/s1. The lowest BCUT2D eigenvalue weighted by Crippen LogP contribution is -2.57. The number of hydrogen-bond acceptors (Lipinski definition) is 5. The first-order valence-electron chi connectivity index (χ1n) is 11.3. The van der Waals surface area contributed by atoms with Crippen LogP contribution in [0.2, 0.25) is 0 Å². The lowest BCUT2D eigenvalue weighted by molar-refractivity contribution is -0.155. The number of nitrogens with zero attached hydrogens (tertiary/aromatic N) is 2. The summed E-state index contributed by atoms with van der Waals surface area (Å²) in [6, 6.07) is 5.53. The number of hydrogen-bond donors (Lipinski definition) is 1. The third kappa shape index (κ3) is 5.25.